The normalized spacial score (nSPS) is 17.8. The fourth-order valence-corrected chi connectivity index (χ4v) is 3.91. The van der Waals surface area contributed by atoms with Gasteiger partial charge in [-0.2, -0.15) is 5.23 Å². The predicted molar refractivity (Wildman–Crippen MR) is 105 cm³/mol. The SMILES string of the molecule is O=C1C(=Cc2ccc([NH+]([O-])O)cc2)SC(=S)N1CN(CCCl)CCCl. The molecule has 25 heavy (non-hydrogen) atoms. The van der Waals surface area contributed by atoms with Crippen molar-refractivity contribution in [1.82, 2.24) is 9.80 Å². The van der Waals surface area contributed by atoms with Crippen LogP contribution in [0.5, 0.6) is 0 Å². The van der Waals surface area contributed by atoms with E-state index >= 15 is 0 Å². The van der Waals surface area contributed by atoms with Gasteiger partial charge in [0.1, 0.15) is 4.32 Å². The number of rotatable bonds is 8. The van der Waals surface area contributed by atoms with Crippen LogP contribution in [0.3, 0.4) is 0 Å². The molecule has 0 radical (unpaired) electrons. The Morgan fingerprint density at radius 3 is 2.40 bits per heavy atom. The third-order valence-electron chi connectivity index (χ3n) is 3.47. The van der Waals surface area contributed by atoms with Gasteiger partial charge in [-0.3, -0.25) is 14.6 Å². The minimum absolute atomic E-state index is 0.175. The number of nitrogens with one attached hydrogen (secondary N) is 1. The third-order valence-corrected chi connectivity index (χ3v) is 5.19. The molecule has 0 aliphatic carbocycles. The van der Waals surface area contributed by atoms with Gasteiger partial charge in [0.2, 0.25) is 0 Å². The second-order valence-corrected chi connectivity index (χ2v) is 7.61. The Labute approximate surface area is 165 Å². The summed E-state index contributed by atoms with van der Waals surface area (Å²) in [7, 11) is 0. The smallest absolute Gasteiger partial charge is 0.267 e. The van der Waals surface area contributed by atoms with Crippen molar-refractivity contribution in [2.45, 2.75) is 0 Å². The van der Waals surface area contributed by atoms with E-state index < -0.39 is 5.23 Å². The van der Waals surface area contributed by atoms with Gasteiger partial charge in [-0.05, 0) is 23.8 Å². The van der Waals surface area contributed by atoms with E-state index in [1.807, 2.05) is 4.90 Å². The highest BCUT2D eigenvalue weighted by molar-refractivity contribution is 8.26. The van der Waals surface area contributed by atoms with Gasteiger partial charge in [-0.15, -0.1) is 23.2 Å². The Morgan fingerprint density at radius 1 is 1.28 bits per heavy atom. The molecule has 1 saturated heterocycles. The Hall–Kier alpha value is -0.710. The summed E-state index contributed by atoms with van der Waals surface area (Å²) in [6, 6.07) is 6.31. The molecule has 2 N–H and O–H groups in total. The maximum absolute atomic E-state index is 12.6. The Morgan fingerprint density at radius 2 is 1.88 bits per heavy atom. The van der Waals surface area contributed by atoms with Crippen molar-refractivity contribution in [1.29, 1.82) is 0 Å². The Kier molecular flexibility index (Phi) is 8.11. The van der Waals surface area contributed by atoms with Gasteiger partial charge in [-0.1, -0.05) is 24.0 Å². The summed E-state index contributed by atoms with van der Waals surface area (Å²) in [4.78, 5) is 16.6. The molecule has 1 unspecified atom stereocenters. The van der Waals surface area contributed by atoms with E-state index in [0.717, 1.165) is 5.56 Å². The molecule has 2 rings (SSSR count). The van der Waals surface area contributed by atoms with E-state index in [1.165, 1.54) is 28.8 Å². The van der Waals surface area contributed by atoms with Crippen molar-refractivity contribution < 1.29 is 15.2 Å². The van der Waals surface area contributed by atoms with E-state index in [1.54, 1.807) is 18.2 Å². The quantitative estimate of drug-likeness (QED) is 0.289. The molecule has 136 valence electrons. The fraction of sp³-hybridized carbons (Fsp3) is 0.333. The van der Waals surface area contributed by atoms with Gasteiger partial charge < -0.3 is 5.21 Å². The number of amides is 1. The third kappa shape index (κ3) is 5.63. The van der Waals surface area contributed by atoms with E-state index in [9.17, 15) is 10.0 Å². The first-order chi connectivity index (χ1) is 12.0. The topological polar surface area (TPSA) is 71.3 Å². The zero-order chi connectivity index (χ0) is 18.4. The lowest BCUT2D eigenvalue weighted by molar-refractivity contribution is -0.991. The van der Waals surface area contributed by atoms with Crippen LogP contribution in [0, 0.1) is 5.21 Å². The van der Waals surface area contributed by atoms with Crippen LogP contribution in [-0.2, 0) is 4.79 Å². The number of quaternary nitrogens is 1. The van der Waals surface area contributed by atoms with Gasteiger partial charge in [0.05, 0.1) is 11.6 Å². The van der Waals surface area contributed by atoms with E-state index in [0.29, 0.717) is 40.7 Å². The lowest BCUT2D eigenvalue weighted by atomic mass is 10.2. The first kappa shape index (κ1) is 20.6. The molecule has 0 aromatic heterocycles. The maximum Gasteiger partial charge on any atom is 0.267 e. The molecule has 1 aromatic rings. The first-order valence-electron chi connectivity index (χ1n) is 7.39. The minimum Gasteiger partial charge on any atom is -0.595 e. The summed E-state index contributed by atoms with van der Waals surface area (Å²) in [5.74, 6) is 0.709. The molecule has 6 nitrogen and oxygen atoms in total. The summed E-state index contributed by atoms with van der Waals surface area (Å²) in [6.45, 7) is 1.57. The van der Waals surface area contributed by atoms with Crippen molar-refractivity contribution in [3.63, 3.8) is 0 Å². The zero-order valence-corrected chi connectivity index (χ0v) is 16.3. The number of carbonyl (C=O) groups excluding carboxylic acids is 1. The molecule has 1 aliphatic rings. The first-order valence-corrected chi connectivity index (χ1v) is 9.68. The lowest BCUT2D eigenvalue weighted by Crippen LogP contribution is -2.99. The van der Waals surface area contributed by atoms with Crippen LogP contribution < -0.4 is 5.23 Å². The maximum atomic E-state index is 12.6. The van der Waals surface area contributed by atoms with Gasteiger partial charge in [0.25, 0.3) is 5.91 Å². The highest BCUT2D eigenvalue weighted by atomic mass is 35.5. The second-order valence-electron chi connectivity index (χ2n) is 5.17. The molecule has 0 saturated carbocycles. The number of carbonyl (C=O) groups is 1. The molecular formula is C15H17Cl2N3O3S2. The number of benzene rings is 1. The van der Waals surface area contributed by atoms with Crippen molar-refractivity contribution in [2.24, 2.45) is 0 Å². The predicted octanol–water partition coefficient (Wildman–Crippen LogP) is 2.03. The zero-order valence-electron chi connectivity index (χ0n) is 13.2. The van der Waals surface area contributed by atoms with Crippen LogP contribution in [0.4, 0.5) is 5.69 Å². The van der Waals surface area contributed by atoms with Crippen LogP contribution >= 0.6 is 47.2 Å². The Balaban J connectivity index is 2.11. The van der Waals surface area contributed by atoms with Crippen molar-refractivity contribution in [2.75, 3.05) is 31.5 Å². The number of alkyl halides is 2. The largest absolute Gasteiger partial charge is 0.595 e. The molecule has 1 fully saturated rings. The van der Waals surface area contributed by atoms with Gasteiger partial charge in [0, 0.05) is 37.0 Å². The van der Waals surface area contributed by atoms with E-state index in [2.05, 4.69) is 0 Å². The van der Waals surface area contributed by atoms with E-state index in [-0.39, 0.29) is 11.6 Å². The van der Waals surface area contributed by atoms with Crippen LogP contribution in [0.15, 0.2) is 29.2 Å². The van der Waals surface area contributed by atoms with Gasteiger partial charge in [0.15, 0.2) is 5.69 Å². The summed E-state index contributed by atoms with van der Waals surface area (Å²) >= 11 is 18.1. The minimum atomic E-state index is -0.989. The van der Waals surface area contributed by atoms with Crippen molar-refractivity contribution in [3.8, 4) is 0 Å². The Bertz CT molecular complexity index is 650. The summed E-state index contributed by atoms with van der Waals surface area (Å²) in [5, 5.41) is 18.8. The van der Waals surface area contributed by atoms with Crippen molar-refractivity contribution in [3.05, 3.63) is 39.9 Å². The van der Waals surface area contributed by atoms with Crippen LogP contribution in [0.1, 0.15) is 5.56 Å². The molecule has 0 bridgehead atoms. The standard InChI is InChI=1S/C15H17Cl2N3O3S2/c16-5-7-18(8-6-17)10-19-14(21)13(25-15(19)24)9-11-1-3-12(4-2-11)20(22)23/h1-4,9,20,22H,5-8,10H2. The molecule has 1 amide bonds. The molecule has 1 aromatic carbocycles. The number of hydrogen-bond acceptors (Lipinski definition) is 6. The second kappa shape index (κ2) is 9.84. The highest BCUT2D eigenvalue weighted by Gasteiger charge is 2.32. The fourth-order valence-electron chi connectivity index (χ4n) is 2.19. The molecule has 1 heterocycles. The summed E-state index contributed by atoms with van der Waals surface area (Å²) in [6.07, 6.45) is 1.71. The summed E-state index contributed by atoms with van der Waals surface area (Å²) in [5.41, 5.74) is 0.936. The van der Waals surface area contributed by atoms with Gasteiger partial charge >= 0.3 is 0 Å². The van der Waals surface area contributed by atoms with Crippen molar-refractivity contribution >= 4 is 69.2 Å². The average Bonchev–Trinajstić information content (AvgIpc) is 2.83. The van der Waals surface area contributed by atoms with Crippen LogP contribution in [0.25, 0.3) is 6.08 Å². The van der Waals surface area contributed by atoms with Crippen LogP contribution in [0.2, 0.25) is 0 Å². The summed E-state index contributed by atoms with van der Waals surface area (Å²) < 4.78 is 0.479. The van der Waals surface area contributed by atoms with E-state index in [4.69, 9.17) is 40.6 Å². The van der Waals surface area contributed by atoms with Crippen LogP contribution in [-0.4, -0.2) is 56.8 Å². The number of halogens is 2. The average molecular weight is 422 g/mol. The monoisotopic (exact) mass is 421 g/mol. The molecule has 1 atom stereocenters. The van der Waals surface area contributed by atoms with Gasteiger partial charge in [-0.25, -0.2) is 5.21 Å². The number of thioether (sulfide) groups is 1. The molecule has 1 aliphatic heterocycles. The lowest BCUT2D eigenvalue weighted by Gasteiger charge is -2.25. The molecule has 0 spiro atoms. The highest BCUT2D eigenvalue weighted by Crippen LogP contribution is 2.32. The number of nitrogens with zero attached hydrogens (tertiary/aromatic N) is 2. The number of thiocarbonyl (C=S) groups is 1. The number of hydrogen-bond donors (Lipinski definition) is 2. The molecular weight excluding hydrogens is 405 g/mol. The molecule has 10 heteroatoms.